The third kappa shape index (κ3) is 5.05. The second-order valence-corrected chi connectivity index (χ2v) is 7.59. The summed E-state index contributed by atoms with van der Waals surface area (Å²) in [7, 11) is 0. The molecule has 1 N–H and O–H groups in total. The van der Waals surface area contributed by atoms with E-state index < -0.39 is 0 Å². The second kappa shape index (κ2) is 8.27. The van der Waals surface area contributed by atoms with E-state index in [1.54, 1.807) is 5.51 Å². The summed E-state index contributed by atoms with van der Waals surface area (Å²) < 4.78 is 7.52. The first kappa shape index (κ1) is 16.9. The molecule has 0 aliphatic heterocycles. The maximum absolute atomic E-state index is 11.9. The maximum atomic E-state index is 11.9. The largest absolute Gasteiger partial charge is 0.457 e. The molecule has 0 fully saturated rings. The van der Waals surface area contributed by atoms with Gasteiger partial charge in [0.05, 0.1) is 5.75 Å². The Morgan fingerprint density at radius 1 is 1.12 bits per heavy atom. The number of amides is 1. The van der Waals surface area contributed by atoms with Gasteiger partial charge in [-0.2, -0.15) is 0 Å². The topological polar surface area (TPSA) is 64.1 Å². The average molecular weight is 422 g/mol. The predicted molar refractivity (Wildman–Crippen MR) is 99.9 cm³/mol. The third-order valence-electron chi connectivity index (χ3n) is 2.85. The summed E-state index contributed by atoms with van der Waals surface area (Å²) in [6.45, 7) is 0. The molecule has 0 radical (unpaired) electrons. The number of nitrogens with one attached hydrogen (secondary N) is 1. The SMILES string of the molecule is O=C(CSc1nncs1)Nc1ccc(Oc2ccc(Br)cc2)cc1. The van der Waals surface area contributed by atoms with Crippen molar-refractivity contribution in [3.63, 3.8) is 0 Å². The Hall–Kier alpha value is -1.90. The smallest absolute Gasteiger partial charge is 0.234 e. The van der Waals surface area contributed by atoms with Gasteiger partial charge < -0.3 is 10.1 Å². The summed E-state index contributed by atoms with van der Waals surface area (Å²) in [4.78, 5) is 11.9. The summed E-state index contributed by atoms with van der Waals surface area (Å²) in [5, 5.41) is 10.5. The molecule has 0 unspecified atom stereocenters. The number of carbonyl (C=O) groups excluding carboxylic acids is 1. The molecule has 1 amide bonds. The zero-order chi connectivity index (χ0) is 16.8. The number of hydrogen-bond acceptors (Lipinski definition) is 6. The quantitative estimate of drug-likeness (QED) is 0.577. The normalized spacial score (nSPS) is 10.4. The van der Waals surface area contributed by atoms with Crippen molar-refractivity contribution in [3.8, 4) is 11.5 Å². The minimum absolute atomic E-state index is 0.0863. The molecule has 0 aliphatic carbocycles. The van der Waals surface area contributed by atoms with Gasteiger partial charge in [-0.15, -0.1) is 10.2 Å². The number of rotatable bonds is 6. The monoisotopic (exact) mass is 421 g/mol. The van der Waals surface area contributed by atoms with E-state index in [1.165, 1.54) is 23.1 Å². The van der Waals surface area contributed by atoms with E-state index in [2.05, 4.69) is 31.4 Å². The molecule has 24 heavy (non-hydrogen) atoms. The fourth-order valence-electron chi connectivity index (χ4n) is 1.80. The van der Waals surface area contributed by atoms with Crippen molar-refractivity contribution in [2.24, 2.45) is 0 Å². The van der Waals surface area contributed by atoms with E-state index in [0.29, 0.717) is 11.5 Å². The van der Waals surface area contributed by atoms with E-state index >= 15 is 0 Å². The molecule has 5 nitrogen and oxygen atoms in total. The molecule has 0 bridgehead atoms. The van der Waals surface area contributed by atoms with Crippen LogP contribution in [0.4, 0.5) is 5.69 Å². The number of ether oxygens (including phenoxy) is 1. The molecular weight excluding hydrogens is 410 g/mol. The van der Waals surface area contributed by atoms with Gasteiger partial charge >= 0.3 is 0 Å². The van der Waals surface area contributed by atoms with Crippen molar-refractivity contribution < 1.29 is 9.53 Å². The predicted octanol–water partition coefficient (Wildman–Crippen LogP) is 4.82. The zero-order valence-electron chi connectivity index (χ0n) is 12.3. The average Bonchev–Trinajstić information content (AvgIpc) is 3.10. The first-order valence-corrected chi connectivity index (χ1v) is 9.57. The summed E-state index contributed by atoms with van der Waals surface area (Å²) in [5.41, 5.74) is 2.37. The molecule has 2 aromatic carbocycles. The number of nitrogens with zero attached hydrogens (tertiary/aromatic N) is 2. The Morgan fingerprint density at radius 2 is 1.79 bits per heavy atom. The van der Waals surface area contributed by atoms with E-state index in [0.717, 1.165) is 20.2 Å². The number of hydrogen-bond donors (Lipinski definition) is 1. The van der Waals surface area contributed by atoms with Crippen LogP contribution in [0.1, 0.15) is 0 Å². The molecule has 0 atom stereocenters. The van der Waals surface area contributed by atoms with Crippen LogP contribution in [0.15, 0.2) is 62.9 Å². The minimum atomic E-state index is -0.0863. The summed E-state index contributed by atoms with van der Waals surface area (Å²) >= 11 is 6.17. The van der Waals surface area contributed by atoms with Gasteiger partial charge in [0.1, 0.15) is 17.0 Å². The van der Waals surface area contributed by atoms with Crippen LogP contribution >= 0.6 is 39.0 Å². The molecule has 122 valence electrons. The first-order chi connectivity index (χ1) is 11.7. The molecule has 0 aliphatic rings. The van der Waals surface area contributed by atoms with Gasteiger partial charge in [0, 0.05) is 10.2 Å². The van der Waals surface area contributed by atoms with Crippen molar-refractivity contribution in [3.05, 3.63) is 58.5 Å². The van der Waals surface area contributed by atoms with E-state index in [9.17, 15) is 4.79 Å². The maximum Gasteiger partial charge on any atom is 0.234 e. The molecular formula is C16H12BrN3O2S2. The van der Waals surface area contributed by atoms with Gasteiger partial charge in [0.15, 0.2) is 4.34 Å². The van der Waals surface area contributed by atoms with Crippen LogP contribution in [0.2, 0.25) is 0 Å². The highest BCUT2D eigenvalue weighted by Crippen LogP contribution is 2.25. The van der Waals surface area contributed by atoms with E-state index in [1.807, 2.05) is 48.5 Å². The van der Waals surface area contributed by atoms with Crippen LogP contribution in [0.5, 0.6) is 11.5 Å². The molecule has 1 aromatic heterocycles. The van der Waals surface area contributed by atoms with Crippen molar-refractivity contribution in [2.45, 2.75) is 4.34 Å². The van der Waals surface area contributed by atoms with Gasteiger partial charge in [-0.05, 0) is 48.5 Å². The highest BCUT2D eigenvalue weighted by molar-refractivity contribution is 9.10. The summed E-state index contributed by atoms with van der Waals surface area (Å²) in [6, 6.07) is 14.8. The Morgan fingerprint density at radius 3 is 2.42 bits per heavy atom. The molecule has 0 saturated carbocycles. The molecule has 3 aromatic rings. The Labute approximate surface area is 155 Å². The highest BCUT2D eigenvalue weighted by atomic mass is 79.9. The van der Waals surface area contributed by atoms with Gasteiger partial charge in [0.25, 0.3) is 0 Å². The number of thioether (sulfide) groups is 1. The van der Waals surface area contributed by atoms with Crippen molar-refractivity contribution >= 4 is 50.6 Å². The lowest BCUT2D eigenvalue weighted by Crippen LogP contribution is -2.13. The Balaban J connectivity index is 1.52. The number of halogens is 1. The fourth-order valence-corrected chi connectivity index (χ4v) is 3.35. The van der Waals surface area contributed by atoms with Crippen LogP contribution in [0, 0.1) is 0 Å². The van der Waals surface area contributed by atoms with E-state index in [-0.39, 0.29) is 5.91 Å². The lowest BCUT2D eigenvalue weighted by molar-refractivity contribution is -0.113. The van der Waals surface area contributed by atoms with Crippen LogP contribution < -0.4 is 10.1 Å². The van der Waals surface area contributed by atoms with Crippen LogP contribution in [-0.4, -0.2) is 21.9 Å². The van der Waals surface area contributed by atoms with Crippen LogP contribution in [-0.2, 0) is 4.79 Å². The first-order valence-electron chi connectivity index (χ1n) is 6.91. The number of carbonyl (C=O) groups is 1. The molecule has 3 rings (SSSR count). The standard InChI is InChI=1S/C16H12BrN3O2S2/c17-11-1-5-13(6-2-11)22-14-7-3-12(4-8-14)19-15(21)9-23-16-20-18-10-24-16/h1-8,10H,9H2,(H,19,21). The number of benzene rings is 2. The van der Waals surface area contributed by atoms with Crippen molar-refractivity contribution in [2.75, 3.05) is 11.1 Å². The lowest BCUT2D eigenvalue weighted by Gasteiger charge is -2.08. The highest BCUT2D eigenvalue weighted by Gasteiger charge is 2.06. The second-order valence-electron chi connectivity index (χ2n) is 4.62. The van der Waals surface area contributed by atoms with Crippen LogP contribution in [0.25, 0.3) is 0 Å². The minimum Gasteiger partial charge on any atom is -0.457 e. The summed E-state index contributed by atoms with van der Waals surface area (Å²) in [6.07, 6.45) is 0. The molecule has 0 spiro atoms. The van der Waals surface area contributed by atoms with Gasteiger partial charge in [-0.1, -0.05) is 39.0 Å². The van der Waals surface area contributed by atoms with Crippen molar-refractivity contribution in [1.82, 2.24) is 10.2 Å². The van der Waals surface area contributed by atoms with E-state index in [4.69, 9.17) is 4.74 Å². The van der Waals surface area contributed by atoms with Crippen molar-refractivity contribution in [1.29, 1.82) is 0 Å². The lowest BCUT2D eigenvalue weighted by atomic mass is 10.3. The molecule has 8 heteroatoms. The third-order valence-corrected chi connectivity index (χ3v) is 5.24. The molecule has 0 saturated heterocycles. The van der Waals surface area contributed by atoms with Gasteiger partial charge in [0.2, 0.25) is 5.91 Å². The van der Waals surface area contributed by atoms with Crippen LogP contribution in [0.3, 0.4) is 0 Å². The fraction of sp³-hybridized carbons (Fsp3) is 0.0625. The van der Waals surface area contributed by atoms with Gasteiger partial charge in [-0.3, -0.25) is 4.79 Å². The Bertz CT molecular complexity index is 793. The molecule has 1 heterocycles. The Kier molecular flexibility index (Phi) is 5.84. The zero-order valence-corrected chi connectivity index (χ0v) is 15.5. The number of aromatic nitrogens is 2. The van der Waals surface area contributed by atoms with Gasteiger partial charge in [-0.25, -0.2) is 0 Å². The summed E-state index contributed by atoms with van der Waals surface area (Å²) in [5.74, 6) is 1.67. The number of anilines is 1.